The zero-order valence-corrected chi connectivity index (χ0v) is 16.2. The van der Waals surface area contributed by atoms with Crippen LogP contribution in [0.4, 0.5) is 4.39 Å². The van der Waals surface area contributed by atoms with Crippen molar-refractivity contribution in [2.45, 2.75) is 32.2 Å². The van der Waals surface area contributed by atoms with E-state index >= 15 is 0 Å². The first kappa shape index (κ1) is 23.1. The van der Waals surface area contributed by atoms with Gasteiger partial charge in [-0.25, -0.2) is 17.5 Å². The predicted molar refractivity (Wildman–Crippen MR) is 102 cm³/mol. The van der Waals surface area contributed by atoms with Gasteiger partial charge in [0.1, 0.15) is 6.61 Å². The van der Waals surface area contributed by atoms with Crippen LogP contribution in [0, 0.1) is 5.82 Å². The quantitative estimate of drug-likeness (QED) is 0.326. The molecule has 0 aliphatic carbocycles. The van der Waals surface area contributed by atoms with Crippen LogP contribution in [0.2, 0.25) is 0 Å². The van der Waals surface area contributed by atoms with E-state index in [1.807, 2.05) is 0 Å². The molecule has 27 heavy (non-hydrogen) atoms. The summed E-state index contributed by atoms with van der Waals surface area (Å²) in [4.78, 5) is 10.3. The number of benzene rings is 1. The molecular formula is C18H27FN2O5S. The molecule has 1 rings (SSSR count). The van der Waals surface area contributed by atoms with Crippen molar-refractivity contribution in [3.05, 3.63) is 42.2 Å². The van der Waals surface area contributed by atoms with Gasteiger partial charge in [0, 0.05) is 6.04 Å². The third-order valence-corrected chi connectivity index (χ3v) is 5.25. The number of hydrogen-bond donors (Lipinski definition) is 3. The lowest BCUT2D eigenvalue weighted by atomic mass is 10.1. The van der Waals surface area contributed by atoms with Crippen molar-refractivity contribution in [3.8, 4) is 5.75 Å². The zero-order valence-electron chi connectivity index (χ0n) is 15.4. The third-order valence-electron chi connectivity index (χ3n) is 3.71. The van der Waals surface area contributed by atoms with Gasteiger partial charge in [-0.2, -0.15) is 0 Å². The average Bonchev–Trinajstić information content (AvgIpc) is 2.59. The lowest BCUT2D eigenvalue weighted by molar-refractivity contribution is -0.135. The molecule has 0 fully saturated rings. The molecule has 1 aromatic rings. The minimum Gasteiger partial charge on any atom is -0.486 e. The molecule has 0 radical (unpaired) electrons. The number of carboxylic acid groups (broad SMARTS) is 1. The van der Waals surface area contributed by atoms with Crippen LogP contribution < -0.4 is 14.8 Å². The summed E-state index contributed by atoms with van der Waals surface area (Å²) in [5.74, 6) is -1.42. The normalized spacial score (nSPS) is 12.5. The summed E-state index contributed by atoms with van der Waals surface area (Å²) in [6.45, 7) is 5.76. The average molecular weight is 402 g/mol. The number of carboxylic acids is 1. The number of aliphatic carboxylic acids is 1. The van der Waals surface area contributed by atoms with Gasteiger partial charge in [-0.05, 0) is 44.0 Å². The molecule has 9 heteroatoms. The Kier molecular flexibility index (Phi) is 9.98. The van der Waals surface area contributed by atoms with E-state index in [2.05, 4.69) is 16.6 Å². The fourth-order valence-corrected chi connectivity index (χ4v) is 3.74. The highest BCUT2D eigenvalue weighted by Gasteiger charge is 2.17. The predicted octanol–water partition coefficient (Wildman–Crippen LogP) is 2.22. The van der Waals surface area contributed by atoms with Crippen LogP contribution in [0.25, 0.3) is 0 Å². The van der Waals surface area contributed by atoms with Crippen molar-refractivity contribution >= 4 is 16.0 Å². The van der Waals surface area contributed by atoms with Crippen LogP contribution in [0.5, 0.6) is 5.75 Å². The van der Waals surface area contributed by atoms with E-state index in [4.69, 9.17) is 9.84 Å². The number of rotatable bonds is 14. The Hall–Kier alpha value is -1.97. The van der Waals surface area contributed by atoms with E-state index in [9.17, 15) is 17.6 Å². The Morgan fingerprint density at radius 1 is 1.37 bits per heavy atom. The molecule has 152 valence electrons. The lowest BCUT2D eigenvalue weighted by Crippen LogP contribution is -2.29. The molecule has 7 nitrogen and oxygen atoms in total. The third kappa shape index (κ3) is 9.50. The van der Waals surface area contributed by atoms with E-state index in [1.165, 1.54) is 24.3 Å². The summed E-state index contributed by atoms with van der Waals surface area (Å²) in [7, 11) is -3.49. The Morgan fingerprint density at radius 3 is 2.78 bits per heavy atom. The molecule has 1 atom stereocenters. The fourth-order valence-electron chi connectivity index (χ4n) is 2.36. The van der Waals surface area contributed by atoms with Crippen molar-refractivity contribution in [3.63, 3.8) is 0 Å². The first-order chi connectivity index (χ1) is 12.7. The summed E-state index contributed by atoms with van der Waals surface area (Å²) in [6, 6.07) is 3.69. The molecule has 0 saturated carbocycles. The van der Waals surface area contributed by atoms with Gasteiger partial charge in [0.15, 0.2) is 11.6 Å². The van der Waals surface area contributed by atoms with Crippen molar-refractivity contribution in [2.24, 2.45) is 0 Å². The summed E-state index contributed by atoms with van der Waals surface area (Å²) < 4.78 is 45.9. The minimum atomic E-state index is -3.49. The first-order valence-corrected chi connectivity index (χ1v) is 10.4. The highest BCUT2D eigenvalue weighted by molar-refractivity contribution is 7.89. The van der Waals surface area contributed by atoms with Crippen LogP contribution >= 0.6 is 0 Å². The van der Waals surface area contributed by atoms with Crippen LogP contribution in [0.1, 0.15) is 37.8 Å². The van der Waals surface area contributed by atoms with Crippen molar-refractivity contribution in [1.82, 2.24) is 10.0 Å². The van der Waals surface area contributed by atoms with Gasteiger partial charge >= 0.3 is 5.97 Å². The van der Waals surface area contributed by atoms with Gasteiger partial charge in [-0.1, -0.05) is 25.1 Å². The fraction of sp³-hybridized carbons (Fsp3) is 0.500. The van der Waals surface area contributed by atoms with E-state index in [0.717, 1.165) is 0 Å². The number of ether oxygens (including phenoxy) is 1. The number of hydrogen-bond acceptors (Lipinski definition) is 5. The Balaban J connectivity index is 2.46. The van der Waals surface area contributed by atoms with Crippen molar-refractivity contribution in [1.29, 1.82) is 0 Å². The molecule has 0 heterocycles. The second-order valence-electron chi connectivity index (χ2n) is 6.08. The standard InChI is InChI=1S/C18H27FN2O5S/c1-3-10-26-17-12-15(7-8-16(17)19)14(2)21-27(24,25)11-6-4-5-9-20-13-18(22)23/h3,7-8,12,14,20-21H,1,4-6,9-11,13H2,2H3,(H,22,23)/t14-/m0/s1. The largest absolute Gasteiger partial charge is 0.486 e. The Labute approximate surface area is 159 Å². The molecule has 0 aromatic heterocycles. The van der Waals surface area contributed by atoms with Gasteiger partial charge in [0.2, 0.25) is 10.0 Å². The molecule has 0 spiro atoms. The highest BCUT2D eigenvalue weighted by atomic mass is 32.2. The van der Waals surface area contributed by atoms with Crippen LogP contribution in [0.15, 0.2) is 30.9 Å². The van der Waals surface area contributed by atoms with Crippen LogP contribution in [0.3, 0.4) is 0 Å². The van der Waals surface area contributed by atoms with E-state index in [-0.39, 0.29) is 24.7 Å². The summed E-state index contributed by atoms with van der Waals surface area (Å²) >= 11 is 0. The number of carbonyl (C=O) groups is 1. The maximum absolute atomic E-state index is 13.7. The number of halogens is 1. The number of unbranched alkanes of at least 4 members (excludes halogenated alkanes) is 2. The number of sulfonamides is 1. The molecular weight excluding hydrogens is 375 g/mol. The van der Waals surface area contributed by atoms with E-state index in [1.54, 1.807) is 6.92 Å². The molecule has 0 unspecified atom stereocenters. The minimum absolute atomic E-state index is 0.0305. The molecule has 1 aromatic carbocycles. The number of nitrogens with one attached hydrogen (secondary N) is 2. The van der Waals surface area contributed by atoms with Crippen LogP contribution in [-0.4, -0.2) is 44.9 Å². The summed E-state index contributed by atoms with van der Waals surface area (Å²) in [5.41, 5.74) is 0.594. The van der Waals surface area contributed by atoms with Gasteiger partial charge in [-0.15, -0.1) is 0 Å². The molecule has 0 aliphatic heterocycles. The molecule has 0 saturated heterocycles. The molecule has 0 bridgehead atoms. The monoisotopic (exact) mass is 402 g/mol. The Morgan fingerprint density at radius 2 is 2.11 bits per heavy atom. The second kappa shape index (κ2) is 11.7. The van der Waals surface area contributed by atoms with E-state index < -0.39 is 27.9 Å². The zero-order chi connectivity index (χ0) is 20.3. The lowest BCUT2D eigenvalue weighted by Gasteiger charge is -2.16. The first-order valence-electron chi connectivity index (χ1n) is 8.71. The van der Waals surface area contributed by atoms with Gasteiger partial charge < -0.3 is 15.2 Å². The maximum atomic E-state index is 13.7. The van der Waals surface area contributed by atoms with Crippen LogP contribution in [-0.2, 0) is 14.8 Å². The topological polar surface area (TPSA) is 105 Å². The second-order valence-corrected chi connectivity index (χ2v) is 7.95. The summed E-state index contributed by atoms with van der Waals surface area (Å²) in [5, 5.41) is 11.2. The SMILES string of the molecule is C=CCOc1cc([C@H](C)NS(=O)(=O)CCCCCNCC(=O)O)ccc1F. The van der Waals surface area contributed by atoms with Crippen molar-refractivity contribution in [2.75, 3.05) is 25.4 Å². The molecule has 0 amide bonds. The van der Waals surface area contributed by atoms with Crippen molar-refractivity contribution < 1.29 is 27.4 Å². The van der Waals surface area contributed by atoms with Gasteiger partial charge in [-0.3, -0.25) is 4.79 Å². The molecule has 0 aliphatic rings. The van der Waals surface area contributed by atoms with Gasteiger partial charge in [0.05, 0.1) is 12.3 Å². The van der Waals surface area contributed by atoms with E-state index in [0.29, 0.717) is 31.4 Å². The van der Waals surface area contributed by atoms with Gasteiger partial charge in [0.25, 0.3) is 0 Å². The summed E-state index contributed by atoms with van der Waals surface area (Å²) in [6.07, 6.45) is 3.32. The highest BCUT2D eigenvalue weighted by Crippen LogP contribution is 2.23. The maximum Gasteiger partial charge on any atom is 0.317 e. The molecule has 3 N–H and O–H groups in total. The smallest absolute Gasteiger partial charge is 0.317 e. The Bertz CT molecular complexity index is 724.